The van der Waals surface area contributed by atoms with Crippen LogP contribution in [0.2, 0.25) is 0 Å². The molecule has 0 radical (unpaired) electrons. The first-order valence-electron chi connectivity index (χ1n) is 10.2. The average molecular weight is 377 g/mol. The van der Waals surface area contributed by atoms with Gasteiger partial charge in [0.15, 0.2) is 0 Å². The predicted molar refractivity (Wildman–Crippen MR) is 110 cm³/mol. The number of carbonyl (C=O) groups is 2. The van der Waals surface area contributed by atoms with Crippen molar-refractivity contribution in [2.75, 3.05) is 11.9 Å². The molecule has 2 atom stereocenters. The Bertz CT molecular complexity index is 937. The molecule has 0 bridgehead atoms. The fraction of sp³-hybridized carbons (Fsp3) is 0.435. The van der Waals surface area contributed by atoms with Crippen LogP contribution in [0.25, 0.3) is 11.1 Å². The van der Waals surface area contributed by atoms with Gasteiger partial charge in [0.05, 0.1) is 6.04 Å². The van der Waals surface area contributed by atoms with Gasteiger partial charge in [-0.3, -0.25) is 14.6 Å². The maximum Gasteiger partial charge on any atom is 0.227 e. The second-order valence-corrected chi connectivity index (χ2v) is 7.97. The topological polar surface area (TPSA) is 62.3 Å². The molecule has 2 aromatic rings. The summed E-state index contributed by atoms with van der Waals surface area (Å²) in [5.74, 6) is 0.641. The van der Waals surface area contributed by atoms with E-state index in [1.807, 2.05) is 32.4 Å². The Morgan fingerprint density at radius 2 is 2.07 bits per heavy atom. The van der Waals surface area contributed by atoms with Crippen molar-refractivity contribution < 1.29 is 9.59 Å². The van der Waals surface area contributed by atoms with E-state index in [2.05, 4.69) is 29.4 Å². The van der Waals surface area contributed by atoms with Gasteiger partial charge in [-0.25, -0.2) is 0 Å². The van der Waals surface area contributed by atoms with Crippen molar-refractivity contribution in [1.29, 1.82) is 0 Å². The van der Waals surface area contributed by atoms with Crippen molar-refractivity contribution in [2.24, 2.45) is 5.92 Å². The van der Waals surface area contributed by atoms with Crippen molar-refractivity contribution in [3.05, 3.63) is 47.3 Å². The molecule has 2 amide bonds. The zero-order chi connectivity index (χ0) is 19.8. The second kappa shape index (κ2) is 7.38. The highest BCUT2D eigenvalue weighted by Gasteiger charge is 2.30. The summed E-state index contributed by atoms with van der Waals surface area (Å²) < 4.78 is 0. The third-order valence-corrected chi connectivity index (χ3v) is 6.22. The molecule has 5 heteroatoms. The first kappa shape index (κ1) is 18.7. The number of nitrogens with zero attached hydrogens (tertiary/aromatic N) is 2. The average Bonchev–Trinajstić information content (AvgIpc) is 2.72. The SMILES string of the molecule is CCC(=O)N[C@H]1c2cncc(-c3ccc4c(c3)CCC(=O)N4C)c2CC[C@@H]1C. The first-order valence-corrected chi connectivity index (χ1v) is 10.2. The van der Waals surface area contributed by atoms with Crippen LogP contribution in [0.5, 0.6) is 0 Å². The van der Waals surface area contributed by atoms with E-state index in [0.717, 1.165) is 41.6 Å². The number of hydrogen-bond donors (Lipinski definition) is 1. The Labute approximate surface area is 166 Å². The zero-order valence-electron chi connectivity index (χ0n) is 16.8. The summed E-state index contributed by atoms with van der Waals surface area (Å²) in [6.07, 6.45) is 7.71. The van der Waals surface area contributed by atoms with Gasteiger partial charge in [0.2, 0.25) is 11.8 Å². The summed E-state index contributed by atoms with van der Waals surface area (Å²) in [5.41, 5.74) is 6.91. The molecule has 2 heterocycles. The lowest BCUT2D eigenvalue weighted by Crippen LogP contribution is -2.35. The molecule has 1 aromatic heterocycles. The quantitative estimate of drug-likeness (QED) is 0.885. The van der Waals surface area contributed by atoms with Gasteiger partial charge in [-0.05, 0) is 59.6 Å². The minimum absolute atomic E-state index is 0.0185. The van der Waals surface area contributed by atoms with E-state index >= 15 is 0 Å². The fourth-order valence-electron chi connectivity index (χ4n) is 4.46. The molecular weight excluding hydrogens is 350 g/mol. The second-order valence-electron chi connectivity index (χ2n) is 7.97. The summed E-state index contributed by atoms with van der Waals surface area (Å²) >= 11 is 0. The molecule has 0 spiro atoms. The molecule has 146 valence electrons. The van der Waals surface area contributed by atoms with E-state index in [1.54, 1.807) is 4.90 Å². The summed E-state index contributed by atoms with van der Waals surface area (Å²) in [4.78, 5) is 30.3. The molecule has 2 aliphatic rings. The zero-order valence-corrected chi connectivity index (χ0v) is 16.8. The molecule has 1 aliphatic carbocycles. The number of carbonyl (C=O) groups excluding carboxylic acids is 2. The minimum atomic E-state index is 0.0185. The van der Waals surface area contributed by atoms with Crippen LogP contribution in [0.1, 0.15) is 55.8 Å². The summed E-state index contributed by atoms with van der Waals surface area (Å²) in [6, 6.07) is 6.35. The number of aromatic nitrogens is 1. The number of aryl methyl sites for hydroxylation is 1. The number of pyridine rings is 1. The largest absolute Gasteiger partial charge is 0.349 e. The first-order chi connectivity index (χ1) is 13.5. The summed E-state index contributed by atoms with van der Waals surface area (Å²) in [5, 5.41) is 3.19. The monoisotopic (exact) mass is 377 g/mol. The number of amides is 2. The molecule has 0 saturated carbocycles. The highest BCUT2D eigenvalue weighted by atomic mass is 16.2. The lowest BCUT2D eigenvalue weighted by atomic mass is 9.78. The Morgan fingerprint density at radius 3 is 2.86 bits per heavy atom. The Hall–Kier alpha value is -2.69. The van der Waals surface area contributed by atoms with Gasteiger partial charge in [0.1, 0.15) is 0 Å². The van der Waals surface area contributed by atoms with Crippen LogP contribution in [-0.2, 0) is 22.4 Å². The van der Waals surface area contributed by atoms with Crippen LogP contribution < -0.4 is 10.2 Å². The lowest BCUT2D eigenvalue weighted by Gasteiger charge is -2.33. The van der Waals surface area contributed by atoms with E-state index in [-0.39, 0.29) is 17.9 Å². The molecule has 5 nitrogen and oxygen atoms in total. The molecule has 0 saturated heterocycles. The maximum atomic E-state index is 12.0. The number of rotatable bonds is 3. The molecule has 0 fully saturated rings. The van der Waals surface area contributed by atoms with Gasteiger partial charge in [-0.15, -0.1) is 0 Å². The molecule has 1 aliphatic heterocycles. The number of nitrogens with one attached hydrogen (secondary N) is 1. The maximum absolute atomic E-state index is 12.0. The number of fused-ring (bicyclic) bond motifs is 2. The molecule has 0 unspecified atom stereocenters. The van der Waals surface area contributed by atoms with Gasteiger partial charge >= 0.3 is 0 Å². The summed E-state index contributed by atoms with van der Waals surface area (Å²) in [7, 11) is 1.84. The Balaban J connectivity index is 1.75. The number of benzene rings is 1. The van der Waals surface area contributed by atoms with Crippen LogP contribution in [0.3, 0.4) is 0 Å². The van der Waals surface area contributed by atoms with Gasteiger partial charge in [0.25, 0.3) is 0 Å². The van der Waals surface area contributed by atoms with Crippen LogP contribution >= 0.6 is 0 Å². The van der Waals surface area contributed by atoms with Crippen molar-refractivity contribution in [1.82, 2.24) is 10.3 Å². The molecule has 1 N–H and O–H groups in total. The van der Waals surface area contributed by atoms with Crippen LogP contribution in [0, 0.1) is 5.92 Å². The van der Waals surface area contributed by atoms with Crippen molar-refractivity contribution in [3.8, 4) is 11.1 Å². The number of anilines is 1. The molecule has 4 rings (SSSR count). The van der Waals surface area contributed by atoms with E-state index in [1.165, 1.54) is 11.1 Å². The van der Waals surface area contributed by atoms with E-state index < -0.39 is 0 Å². The van der Waals surface area contributed by atoms with Gasteiger partial charge in [-0.1, -0.05) is 19.9 Å². The minimum Gasteiger partial charge on any atom is -0.349 e. The van der Waals surface area contributed by atoms with Gasteiger partial charge in [-0.2, -0.15) is 0 Å². The standard InChI is InChI=1S/C23H27N3O2/c1-4-21(27)25-23-14(2)5-8-17-18(12-24-13-19(17)23)15-6-9-20-16(11-15)7-10-22(28)26(20)3/h6,9,11-14,23H,4-5,7-8,10H2,1-3H3,(H,25,27)/t14-,23+/m0/s1. The Morgan fingerprint density at radius 1 is 1.25 bits per heavy atom. The van der Waals surface area contributed by atoms with Crippen LogP contribution in [-0.4, -0.2) is 23.8 Å². The third-order valence-electron chi connectivity index (χ3n) is 6.22. The smallest absolute Gasteiger partial charge is 0.227 e. The predicted octanol–water partition coefficient (Wildman–Crippen LogP) is 3.81. The van der Waals surface area contributed by atoms with Crippen LogP contribution in [0.4, 0.5) is 5.69 Å². The molecule has 28 heavy (non-hydrogen) atoms. The molecular formula is C23H27N3O2. The normalized spacial score (nSPS) is 21.1. The molecule has 1 aromatic carbocycles. The highest BCUT2D eigenvalue weighted by Crippen LogP contribution is 2.40. The number of hydrogen-bond acceptors (Lipinski definition) is 3. The van der Waals surface area contributed by atoms with E-state index in [0.29, 0.717) is 18.8 Å². The van der Waals surface area contributed by atoms with Gasteiger partial charge in [0, 0.05) is 43.5 Å². The summed E-state index contributed by atoms with van der Waals surface area (Å²) in [6.45, 7) is 4.08. The third kappa shape index (κ3) is 3.19. The Kier molecular flexibility index (Phi) is 4.92. The highest BCUT2D eigenvalue weighted by molar-refractivity contribution is 5.96. The van der Waals surface area contributed by atoms with Crippen LogP contribution in [0.15, 0.2) is 30.6 Å². The van der Waals surface area contributed by atoms with E-state index in [4.69, 9.17) is 0 Å². The van der Waals surface area contributed by atoms with Crippen molar-refractivity contribution >= 4 is 17.5 Å². The van der Waals surface area contributed by atoms with Gasteiger partial charge < -0.3 is 10.2 Å². The van der Waals surface area contributed by atoms with E-state index in [9.17, 15) is 9.59 Å². The van der Waals surface area contributed by atoms with Crippen molar-refractivity contribution in [3.63, 3.8) is 0 Å². The fourth-order valence-corrected chi connectivity index (χ4v) is 4.46. The van der Waals surface area contributed by atoms with Crippen molar-refractivity contribution in [2.45, 2.75) is 52.0 Å². The lowest BCUT2D eigenvalue weighted by molar-refractivity contribution is -0.122.